The Morgan fingerprint density at radius 2 is 2.07 bits per heavy atom. The highest BCUT2D eigenvalue weighted by Gasteiger charge is 2.34. The Hall–Kier alpha value is -3.42. The Bertz CT molecular complexity index is 1030. The molecule has 0 aromatic heterocycles. The van der Waals surface area contributed by atoms with Crippen LogP contribution in [0.1, 0.15) is 43.9 Å². The van der Waals surface area contributed by atoms with Gasteiger partial charge >= 0.3 is 0 Å². The molecule has 1 atom stereocenters. The van der Waals surface area contributed by atoms with Gasteiger partial charge in [-0.05, 0) is 35.4 Å². The molecule has 2 aliphatic rings. The van der Waals surface area contributed by atoms with Crippen molar-refractivity contribution in [1.82, 2.24) is 5.32 Å². The predicted octanol–water partition coefficient (Wildman–Crippen LogP) is 3.25. The van der Waals surface area contributed by atoms with Gasteiger partial charge in [0.1, 0.15) is 12.3 Å². The summed E-state index contributed by atoms with van der Waals surface area (Å²) in [6.07, 6.45) is 1.73. The lowest BCUT2D eigenvalue weighted by Crippen LogP contribution is -2.46. The monoisotopic (exact) mass is 409 g/mol. The number of fused-ring (bicyclic) bond motifs is 2. The summed E-state index contributed by atoms with van der Waals surface area (Å²) >= 11 is 0. The second-order valence-electron chi connectivity index (χ2n) is 8.31. The Morgan fingerprint density at radius 1 is 1.30 bits per heavy atom. The maximum Gasteiger partial charge on any atom is 0.271 e. The van der Waals surface area contributed by atoms with Crippen LogP contribution in [-0.4, -0.2) is 29.9 Å². The van der Waals surface area contributed by atoms with Crippen LogP contribution in [-0.2, 0) is 15.0 Å². The van der Waals surface area contributed by atoms with Gasteiger partial charge in [-0.3, -0.25) is 24.6 Å². The number of anilines is 1. The number of nitro groups is 1. The van der Waals surface area contributed by atoms with Gasteiger partial charge in [0.05, 0.1) is 16.7 Å². The van der Waals surface area contributed by atoms with Gasteiger partial charge < -0.3 is 10.1 Å². The molecule has 8 nitrogen and oxygen atoms in total. The standard InChI is InChI=1S/C22H23N3O5/c1-22(2)10-9-17(15-5-3-4-6-16(15)22)23-20(26)12-24-18-11-14(25(28)29)7-8-19(18)30-13-21(24)27/h3-8,11,17H,9-10,12-13H2,1-2H3,(H,23,26). The molecule has 1 heterocycles. The van der Waals surface area contributed by atoms with Crippen LogP contribution in [0.3, 0.4) is 0 Å². The Morgan fingerprint density at radius 3 is 2.83 bits per heavy atom. The Kier molecular flexibility index (Phi) is 4.93. The fraction of sp³-hybridized carbons (Fsp3) is 0.364. The summed E-state index contributed by atoms with van der Waals surface area (Å²) in [6.45, 7) is 3.96. The molecule has 30 heavy (non-hydrogen) atoms. The Balaban J connectivity index is 1.55. The first-order valence-electron chi connectivity index (χ1n) is 9.86. The molecule has 4 rings (SSSR count). The smallest absolute Gasteiger partial charge is 0.271 e. The zero-order valence-electron chi connectivity index (χ0n) is 16.9. The van der Waals surface area contributed by atoms with Crippen LogP contribution < -0.4 is 15.0 Å². The van der Waals surface area contributed by atoms with Gasteiger partial charge in [-0.2, -0.15) is 0 Å². The van der Waals surface area contributed by atoms with Crippen LogP contribution >= 0.6 is 0 Å². The van der Waals surface area contributed by atoms with E-state index in [4.69, 9.17) is 4.74 Å². The number of amides is 2. The molecule has 1 aliphatic carbocycles. The molecule has 0 fully saturated rings. The van der Waals surface area contributed by atoms with Gasteiger partial charge in [-0.15, -0.1) is 0 Å². The Labute approximate surface area is 174 Å². The summed E-state index contributed by atoms with van der Waals surface area (Å²) < 4.78 is 5.36. The van der Waals surface area contributed by atoms with E-state index >= 15 is 0 Å². The van der Waals surface area contributed by atoms with Crippen molar-refractivity contribution in [2.45, 2.75) is 38.1 Å². The number of benzene rings is 2. The molecule has 2 amide bonds. The number of rotatable bonds is 4. The maximum atomic E-state index is 12.8. The van der Waals surface area contributed by atoms with Crippen LogP contribution in [0, 0.1) is 10.1 Å². The number of nitrogens with zero attached hydrogens (tertiary/aromatic N) is 2. The van der Waals surface area contributed by atoms with E-state index in [9.17, 15) is 19.7 Å². The lowest BCUT2D eigenvalue weighted by molar-refractivity contribution is -0.384. The zero-order chi connectivity index (χ0) is 21.5. The van der Waals surface area contributed by atoms with Crippen molar-refractivity contribution in [3.8, 4) is 5.75 Å². The predicted molar refractivity (Wildman–Crippen MR) is 111 cm³/mol. The SMILES string of the molecule is CC1(C)CCC(NC(=O)CN2C(=O)COc3ccc([N+](=O)[O-])cc32)c2ccccc21. The number of hydrogen-bond donors (Lipinski definition) is 1. The number of hydrogen-bond acceptors (Lipinski definition) is 5. The molecule has 1 N–H and O–H groups in total. The maximum absolute atomic E-state index is 12.8. The zero-order valence-corrected chi connectivity index (χ0v) is 16.9. The number of nitrogens with one attached hydrogen (secondary N) is 1. The second kappa shape index (κ2) is 7.44. The number of carbonyl (C=O) groups excluding carboxylic acids is 2. The average molecular weight is 409 g/mol. The summed E-state index contributed by atoms with van der Waals surface area (Å²) in [4.78, 5) is 37.1. The number of nitro benzene ring substituents is 1. The highest BCUT2D eigenvalue weighted by atomic mass is 16.6. The fourth-order valence-corrected chi connectivity index (χ4v) is 4.22. The van der Waals surface area contributed by atoms with Crippen molar-refractivity contribution >= 4 is 23.2 Å². The summed E-state index contributed by atoms with van der Waals surface area (Å²) in [5.74, 6) is -0.386. The van der Waals surface area contributed by atoms with Gasteiger partial charge in [0.15, 0.2) is 6.61 Å². The molecule has 0 saturated heterocycles. The van der Waals surface area contributed by atoms with E-state index < -0.39 is 10.8 Å². The molecule has 0 radical (unpaired) electrons. The van der Waals surface area contributed by atoms with Crippen LogP contribution in [0.25, 0.3) is 0 Å². The van der Waals surface area contributed by atoms with Crippen molar-refractivity contribution in [3.05, 3.63) is 63.7 Å². The summed E-state index contributed by atoms with van der Waals surface area (Å²) in [7, 11) is 0. The molecule has 1 aliphatic heterocycles. The van der Waals surface area contributed by atoms with Gasteiger partial charge in [-0.25, -0.2) is 0 Å². The molecule has 0 bridgehead atoms. The van der Waals surface area contributed by atoms with E-state index in [1.807, 2.05) is 18.2 Å². The minimum Gasteiger partial charge on any atom is -0.482 e. The van der Waals surface area contributed by atoms with E-state index in [-0.39, 0.29) is 41.9 Å². The van der Waals surface area contributed by atoms with Crippen molar-refractivity contribution in [2.24, 2.45) is 0 Å². The highest BCUT2D eigenvalue weighted by Crippen LogP contribution is 2.41. The molecule has 2 aromatic carbocycles. The van der Waals surface area contributed by atoms with E-state index in [0.717, 1.165) is 18.4 Å². The molecule has 156 valence electrons. The molecule has 8 heteroatoms. The van der Waals surface area contributed by atoms with Gasteiger partial charge in [0.25, 0.3) is 11.6 Å². The lowest BCUT2D eigenvalue weighted by Gasteiger charge is -2.37. The van der Waals surface area contributed by atoms with Crippen molar-refractivity contribution in [2.75, 3.05) is 18.1 Å². The third-order valence-corrected chi connectivity index (χ3v) is 5.86. The third kappa shape index (κ3) is 3.60. The topological polar surface area (TPSA) is 102 Å². The first-order chi connectivity index (χ1) is 14.3. The molecular weight excluding hydrogens is 386 g/mol. The quantitative estimate of drug-likeness (QED) is 0.617. The van der Waals surface area contributed by atoms with Gasteiger partial charge in [-0.1, -0.05) is 38.1 Å². The molecule has 2 aromatic rings. The van der Waals surface area contributed by atoms with Crippen molar-refractivity contribution in [3.63, 3.8) is 0 Å². The number of non-ortho nitro benzene ring substituents is 1. The van der Waals surface area contributed by atoms with Crippen molar-refractivity contribution < 1.29 is 19.2 Å². The van der Waals surface area contributed by atoms with E-state index in [1.54, 1.807) is 0 Å². The molecule has 1 unspecified atom stereocenters. The third-order valence-electron chi connectivity index (χ3n) is 5.86. The van der Waals surface area contributed by atoms with Gasteiger partial charge in [0.2, 0.25) is 5.91 Å². The van der Waals surface area contributed by atoms with Crippen LogP contribution in [0.4, 0.5) is 11.4 Å². The summed E-state index contributed by atoms with van der Waals surface area (Å²) in [5.41, 5.74) is 2.41. The molecular formula is C22H23N3O5. The second-order valence-corrected chi connectivity index (χ2v) is 8.31. The number of carbonyl (C=O) groups is 2. The summed E-state index contributed by atoms with van der Waals surface area (Å²) in [5, 5.41) is 14.2. The number of ether oxygens (including phenoxy) is 1. The first kappa shape index (κ1) is 19.9. The highest BCUT2D eigenvalue weighted by molar-refractivity contribution is 6.02. The van der Waals surface area contributed by atoms with Crippen molar-refractivity contribution in [1.29, 1.82) is 0 Å². The minimum atomic E-state index is -0.543. The fourth-order valence-electron chi connectivity index (χ4n) is 4.22. The van der Waals surface area contributed by atoms with Gasteiger partial charge in [0, 0.05) is 12.1 Å². The van der Waals surface area contributed by atoms with Crippen LogP contribution in [0.5, 0.6) is 5.75 Å². The minimum absolute atomic E-state index is 0.0376. The summed E-state index contributed by atoms with van der Waals surface area (Å²) in [6, 6.07) is 12.0. The van der Waals surface area contributed by atoms with Crippen LogP contribution in [0.15, 0.2) is 42.5 Å². The largest absolute Gasteiger partial charge is 0.482 e. The lowest BCUT2D eigenvalue weighted by atomic mass is 9.71. The average Bonchev–Trinajstić information content (AvgIpc) is 2.72. The molecule has 0 saturated carbocycles. The van der Waals surface area contributed by atoms with E-state index in [1.165, 1.54) is 28.7 Å². The van der Waals surface area contributed by atoms with Crippen LogP contribution in [0.2, 0.25) is 0 Å². The normalized spacial score (nSPS) is 19.3. The van der Waals surface area contributed by atoms with E-state index in [0.29, 0.717) is 5.75 Å². The molecule has 0 spiro atoms. The van der Waals surface area contributed by atoms with E-state index in [2.05, 4.69) is 25.2 Å². The first-order valence-corrected chi connectivity index (χ1v) is 9.86.